The minimum absolute atomic E-state index is 0. The van der Waals surface area contributed by atoms with Gasteiger partial charge in [0.05, 0.1) is 53.4 Å². The lowest BCUT2D eigenvalue weighted by atomic mass is 10.1. The Morgan fingerprint density at radius 3 is 1.27 bits per heavy atom. The van der Waals surface area contributed by atoms with Crippen molar-refractivity contribution in [1.29, 1.82) is 0 Å². The summed E-state index contributed by atoms with van der Waals surface area (Å²) in [4.78, 5) is 22.7. The zero-order chi connectivity index (χ0) is 18.4. The molecule has 0 aliphatic rings. The highest BCUT2D eigenvalue weighted by Crippen LogP contribution is 2.27. The molecule has 0 radical (unpaired) electrons. The molecule has 0 atom stereocenters. The second kappa shape index (κ2) is 11.7. The van der Waals surface area contributed by atoms with Crippen LogP contribution >= 0.6 is 0 Å². The van der Waals surface area contributed by atoms with Crippen molar-refractivity contribution in [3.8, 4) is 11.5 Å². The normalized spacial score (nSPS) is 11.0. The van der Waals surface area contributed by atoms with Gasteiger partial charge in [0.25, 0.3) is 0 Å². The minimum atomic E-state index is 0. The highest BCUT2D eigenvalue weighted by Gasteiger charge is 2.15. The van der Waals surface area contributed by atoms with Crippen LogP contribution in [-0.4, -0.2) is 90.1 Å². The first-order valence-corrected chi connectivity index (χ1v) is 8.00. The van der Waals surface area contributed by atoms with Gasteiger partial charge in [0.15, 0.2) is 12.6 Å². The van der Waals surface area contributed by atoms with Crippen LogP contribution in [0.2, 0.25) is 0 Å². The maximum absolute atomic E-state index is 11.3. The summed E-state index contributed by atoms with van der Waals surface area (Å²) in [5, 5.41) is 0. The molecular formula is C18H30Br2N2O4. The Balaban J connectivity index is 0. The molecule has 150 valence electrons. The molecule has 1 aromatic rings. The molecule has 0 aliphatic heterocycles. The van der Waals surface area contributed by atoms with Gasteiger partial charge in [-0.05, 0) is 12.1 Å². The Kier molecular flexibility index (Phi) is 12.3. The number of benzene rings is 1. The van der Waals surface area contributed by atoms with Gasteiger partial charge in [-0.15, -0.1) is 0 Å². The van der Waals surface area contributed by atoms with E-state index in [1.54, 1.807) is 12.1 Å². The first-order chi connectivity index (χ1) is 11.1. The molecule has 0 heterocycles. The van der Waals surface area contributed by atoms with E-state index in [1.165, 1.54) is 0 Å². The van der Waals surface area contributed by atoms with E-state index < -0.39 is 0 Å². The molecule has 0 unspecified atom stereocenters. The Hall–Kier alpha value is -0.960. The van der Waals surface area contributed by atoms with E-state index in [0.29, 0.717) is 35.8 Å². The molecule has 0 saturated heterocycles. The third-order valence-corrected chi connectivity index (χ3v) is 3.44. The number of carbonyl (C=O) groups is 2. The molecule has 26 heavy (non-hydrogen) atoms. The van der Waals surface area contributed by atoms with Crippen molar-refractivity contribution in [2.75, 3.05) is 68.6 Å². The van der Waals surface area contributed by atoms with Crippen molar-refractivity contribution in [3.05, 3.63) is 23.3 Å². The summed E-state index contributed by atoms with van der Waals surface area (Å²) >= 11 is 0. The third kappa shape index (κ3) is 10.3. The molecule has 0 aliphatic carbocycles. The van der Waals surface area contributed by atoms with E-state index in [0.717, 1.165) is 34.6 Å². The van der Waals surface area contributed by atoms with E-state index in [4.69, 9.17) is 9.47 Å². The van der Waals surface area contributed by atoms with Crippen LogP contribution in [0.15, 0.2) is 12.1 Å². The van der Waals surface area contributed by atoms with E-state index in [-0.39, 0.29) is 34.0 Å². The third-order valence-electron chi connectivity index (χ3n) is 3.44. The van der Waals surface area contributed by atoms with Crippen LogP contribution in [0, 0.1) is 0 Å². The SMILES string of the molecule is C[N+](C)(C)CCOc1cc(C=O)c(OCC[N+](C)(C)C)cc1C=O.[Br-].[Br-]. The summed E-state index contributed by atoms with van der Waals surface area (Å²) in [6, 6.07) is 3.15. The molecule has 0 saturated carbocycles. The quantitative estimate of drug-likeness (QED) is 0.241. The molecule has 0 amide bonds. The van der Waals surface area contributed by atoms with Gasteiger partial charge >= 0.3 is 0 Å². The van der Waals surface area contributed by atoms with E-state index >= 15 is 0 Å². The molecular weight excluding hydrogens is 468 g/mol. The number of ether oxygens (including phenoxy) is 2. The van der Waals surface area contributed by atoms with Gasteiger partial charge in [-0.1, -0.05) is 0 Å². The van der Waals surface area contributed by atoms with Gasteiger partial charge < -0.3 is 52.4 Å². The largest absolute Gasteiger partial charge is 1.00 e. The van der Waals surface area contributed by atoms with Crippen molar-refractivity contribution >= 4 is 12.6 Å². The molecule has 0 fully saturated rings. The Morgan fingerprint density at radius 2 is 1.04 bits per heavy atom. The summed E-state index contributed by atoms with van der Waals surface area (Å²) in [5.74, 6) is 0.832. The predicted molar refractivity (Wildman–Crippen MR) is 94.0 cm³/mol. The predicted octanol–water partition coefficient (Wildman–Crippen LogP) is -4.51. The highest BCUT2D eigenvalue weighted by molar-refractivity contribution is 5.87. The van der Waals surface area contributed by atoms with Crippen molar-refractivity contribution in [1.82, 2.24) is 0 Å². The number of carbonyl (C=O) groups excluding carboxylic acids is 2. The van der Waals surface area contributed by atoms with Crippen LogP contribution in [0.1, 0.15) is 20.7 Å². The second-order valence-electron chi connectivity index (χ2n) is 7.89. The average molecular weight is 498 g/mol. The minimum Gasteiger partial charge on any atom is -1.00 e. The molecule has 0 spiro atoms. The first-order valence-electron chi connectivity index (χ1n) is 8.00. The lowest BCUT2D eigenvalue weighted by Crippen LogP contribution is -3.00. The van der Waals surface area contributed by atoms with Gasteiger partial charge in [-0.3, -0.25) is 9.59 Å². The summed E-state index contributed by atoms with van der Waals surface area (Å²) in [5.41, 5.74) is 0.782. The average Bonchev–Trinajstić information content (AvgIpc) is 2.45. The van der Waals surface area contributed by atoms with Crippen molar-refractivity contribution in [2.24, 2.45) is 0 Å². The molecule has 1 aromatic carbocycles. The molecule has 1 rings (SSSR count). The number of hydrogen-bond donors (Lipinski definition) is 0. The van der Waals surface area contributed by atoms with Gasteiger partial charge in [0.2, 0.25) is 0 Å². The van der Waals surface area contributed by atoms with Crippen LogP contribution < -0.4 is 43.4 Å². The number of aldehydes is 2. The topological polar surface area (TPSA) is 52.6 Å². The molecule has 8 heteroatoms. The molecule has 0 N–H and O–H groups in total. The zero-order valence-electron chi connectivity index (χ0n) is 16.4. The fourth-order valence-electron chi connectivity index (χ4n) is 1.88. The Labute approximate surface area is 177 Å². The lowest BCUT2D eigenvalue weighted by molar-refractivity contribution is -0.870. The Bertz CT molecular complexity index is 530. The van der Waals surface area contributed by atoms with Crippen LogP contribution in [0.5, 0.6) is 11.5 Å². The number of rotatable bonds is 10. The number of halogens is 2. The smallest absolute Gasteiger partial charge is 0.153 e. The van der Waals surface area contributed by atoms with Gasteiger partial charge in [0, 0.05) is 0 Å². The van der Waals surface area contributed by atoms with E-state index in [1.807, 2.05) is 0 Å². The fraction of sp³-hybridized carbons (Fsp3) is 0.556. The molecule has 0 bridgehead atoms. The number of quaternary nitrogens is 2. The fourth-order valence-corrected chi connectivity index (χ4v) is 1.88. The zero-order valence-corrected chi connectivity index (χ0v) is 19.6. The second-order valence-corrected chi connectivity index (χ2v) is 7.89. The standard InChI is InChI=1S/C18H30N2O4.2BrH/c1-19(2,3)7-9-23-17-11-16(14-22)18(12-15(17)13-21)24-10-8-20(4,5)6;;/h11-14H,7-10H2,1-6H3;2*1H/q+2;;/p-2. The lowest BCUT2D eigenvalue weighted by Gasteiger charge is -2.24. The van der Waals surface area contributed by atoms with Crippen molar-refractivity contribution < 1.29 is 62.0 Å². The molecule has 6 nitrogen and oxygen atoms in total. The van der Waals surface area contributed by atoms with E-state index in [9.17, 15) is 9.59 Å². The van der Waals surface area contributed by atoms with Crippen LogP contribution in [0.4, 0.5) is 0 Å². The number of nitrogens with zero attached hydrogens (tertiary/aromatic N) is 2. The summed E-state index contributed by atoms with van der Waals surface area (Å²) < 4.78 is 12.9. The van der Waals surface area contributed by atoms with Crippen LogP contribution in [0.25, 0.3) is 0 Å². The van der Waals surface area contributed by atoms with Gasteiger partial charge in [0.1, 0.15) is 37.8 Å². The van der Waals surface area contributed by atoms with E-state index in [2.05, 4.69) is 42.3 Å². The molecule has 0 aromatic heterocycles. The first kappa shape index (κ1) is 27.3. The maximum atomic E-state index is 11.3. The summed E-state index contributed by atoms with van der Waals surface area (Å²) in [6.45, 7) is 2.50. The van der Waals surface area contributed by atoms with Crippen molar-refractivity contribution in [2.45, 2.75) is 0 Å². The highest BCUT2D eigenvalue weighted by atomic mass is 79.9. The Morgan fingerprint density at radius 1 is 0.731 bits per heavy atom. The summed E-state index contributed by atoms with van der Waals surface area (Å²) in [7, 11) is 12.4. The van der Waals surface area contributed by atoms with Crippen molar-refractivity contribution in [3.63, 3.8) is 0 Å². The van der Waals surface area contributed by atoms with Gasteiger partial charge in [-0.25, -0.2) is 0 Å². The number of hydrogen-bond acceptors (Lipinski definition) is 4. The number of likely N-dealkylation sites (N-methyl/N-ethyl adjacent to an activating group) is 2. The van der Waals surface area contributed by atoms with Crippen LogP contribution in [0.3, 0.4) is 0 Å². The van der Waals surface area contributed by atoms with Crippen LogP contribution in [-0.2, 0) is 0 Å². The monoisotopic (exact) mass is 496 g/mol. The van der Waals surface area contributed by atoms with Gasteiger partial charge in [-0.2, -0.15) is 0 Å². The maximum Gasteiger partial charge on any atom is 0.153 e. The summed E-state index contributed by atoms with van der Waals surface area (Å²) in [6.07, 6.45) is 1.45.